The fourth-order valence-corrected chi connectivity index (χ4v) is 0.590. The van der Waals surface area contributed by atoms with Gasteiger partial charge < -0.3 is 10.4 Å². The van der Waals surface area contributed by atoms with Crippen LogP contribution in [0, 0.1) is 0 Å². The molecule has 2 heteroatoms. The third-order valence-corrected chi connectivity index (χ3v) is 1.30. The lowest BCUT2D eigenvalue weighted by atomic mass is 10.3. The van der Waals surface area contributed by atoms with Crippen molar-refractivity contribution in [2.45, 2.75) is 32.7 Å². The molecule has 0 saturated carbocycles. The molecule has 0 aliphatic carbocycles. The summed E-state index contributed by atoms with van der Waals surface area (Å²) in [5, 5.41) is 11.8. The first-order valence-corrected chi connectivity index (χ1v) is 3.65. The Hall–Kier alpha value is -0.0800. The zero-order chi connectivity index (χ0) is 7.11. The molecule has 0 aromatic carbocycles. The van der Waals surface area contributed by atoms with E-state index in [1.165, 1.54) is 12.8 Å². The van der Waals surface area contributed by atoms with E-state index in [9.17, 15) is 0 Å². The lowest BCUT2D eigenvalue weighted by Crippen LogP contribution is -2.29. The van der Waals surface area contributed by atoms with Crippen molar-refractivity contribution < 1.29 is 5.11 Å². The van der Waals surface area contributed by atoms with Gasteiger partial charge in [-0.15, -0.1) is 0 Å². The van der Waals surface area contributed by atoms with Crippen LogP contribution in [-0.4, -0.2) is 24.3 Å². The molecule has 0 aliphatic heterocycles. The van der Waals surface area contributed by atoms with E-state index < -0.39 is 0 Å². The van der Waals surface area contributed by atoms with Gasteiger partial charge in [-0.2, -0.15) is 0 Å². The SMILES string of the molecule is CCCCN[C@H](C)CO. The number of aliphatic hydroxyl groups excluding tert-OH is 1. The minimum atomic E-state index is 0.240. The van der Waals surface area contributed by atoms with E-state index in [1.807, 2.05) is 6.92 Å². The molecule has 0 fully saturated rings. The number of hydrogen-bond acceptors (Lipinski definition) is 2. The summed E-state index contributed by atoms with van der Waals surface area (Å²) in [6.45, 7) is 5.41. The Balaban J connectivity index is 2.88. The summed E-state index contributed by atoms with van der Waals surface area (Å²) in [5.74, 6) is 0. The minimum absolute atomic E-state index is 0.240. The monoisotopic (exact) mass is 131 g/mol. The van der Waals surface area contributed by atoms with Gasteiger partial charge in [0.15, 0.2) is 0 Å². The highest BCUT2D eigenvalue weighted by Crippen LogP contribution is 1.84. The van der Waals surface area contributed by atoms with Gasteiger partial charge in [-0.3, -0.25) is 0 Å². The maximum atomic E-state index is 8.57. The van der Waals surface area contributed by atoms with Crippen LogP contribution in [0.3, 0.4) is 0 Å². The molecule has 0 aromatic heterocycles. The first kappa shape index (κ1) is 8.92. The molecule has 1 atom stereocenters. The molecule has 0 amide bonds. The van der Waals surface area contributed by atoms with Gasteiger partial charge in [0.25, 0.3) is 0 Å². The molecule has 0 aromatic rings. The van der Waals surface area contributed by atoms with Crippen LogP contribution < -0.4 is 5.32 Å². The normalized spacial score (nSPS) is 13.7. The van der Waals surface area contributed by atoms with Gasteiger partial charge in [0, 0.05) is 6.04 Å². The van der Waals surface area contributed by atoms with Crippen molar-refractivity contribution in [3.63, 3.8) is 0 Å². The Morgan fingerprint density at radius 2 is 2.22 bits per heavy atom. The zero-order valence-electron chi connectivity index (χ0n) is 6.35. The van der Waals surface area contributed by atoms with Gasteiger partial charge >= 0.3 is 0 Å². The molecule has 2 N–H and O–H groups in total. The lowest BCUT2D eigenvalue weighted by molar-refractivity contribution is 0.251. The summed E-state index contributed by atoms with van der Waals surface area (Å²) in [7, 11) is 0. The Labute approximate surface area is 57.3 Å². The zero-order valence-corrected chi connectivity index (χ0v) is 6.35. The predicted octanol–water partition coefficient (Wildman–Crippen LogP) is 0.757. The lowest BCUT2D eigenvalue weighted by Gasteiger charge is -2.08. The number of nitrogens with one attached hydrogen (secondary N) is 1. The fraction of sp³-hybridized carbons (Fsp3) is 1.00. The number of rotatable bonds is 5. The van der Waals surface area contributed by atoms with E-state index >= 15 is 0 Å². The Morgan fingerprint density at radius 1 is 1.56 bits per heavy atom. The van der Waals surface area contributed by atoms with Crippen LogP contribution in [0.15, 0.2) is 0 Å². The Bertz CT molecular complexity index is 56.9. The van der Waals surface area contributed by atoms with E-state index in [1.54, 1.807) is 0 Å². The molecule has 0 aliphatic rings. The molecule has 0 radical (unpaired) electrons. The first-order valence-electron chi connectivity index (χ1n) is 3.65. The standard InChI is InChI=1S/C7H17NO/c1-3-4-5-8-7(2)6-9/h7-9H,3-6H2,1-2H3/t7-/m1/s1. The van der Waals surface area contributed by atoms with Crippen molar-refractivity contribution in [3.8, 4) is 0 Å². The maximum Gasteiger partial charge on any atom is 0.0581 e. The van der Waals surface area contributed by atoms with Gasteiger partial charge in [-0.1, -0.05) is 13.3 Å². The third kappa shape index (κ3) is 5.80. The molecule has 0 saturated heterocycles. The van der Waals surface area contributed by atoms with Crippen LogP contribution in [0.5, 0.6) is 0 Å². The molecule has 0 heterocycles. The maximum absolute atomic E-state index is 8.57. The van der Waals surface area contributed by atoms with E-state index in [-0.39, 0.29) is 12.6 Å². The number of aliphatic hydroxyl groups is 1. The molecular weight excluding hydrogens is 114 g/mol. The van der Waals surface area contributed by atoms with Crippen LogP contribution in [0.1, 0.15) is 26.7 Å². The van der Waals surface area contributed by atoms with E-state index in [4.69, 9.17) is 5.11 Å². The van der Waals surface area contributed by atoms with Gasteiger partial charge in [0.05, 0.1) is 6.61 Å². The van der Waals surface area contributed by atoms with Crippen LogP contribution in [0.2, 0.25) is 0 Å². The second-order valence-corrected chi connectivity index (χ2v) is 2.39. The predicted molar refractivity (Wildman–Crippen MR) is 39.5 cm³/mol. The summed E-state index contributed by atoms with van der Waals surface area (Å²) >= 11 is 0. The summed E-state index contributed by atoms with van der Waals surface area (Å²) in [6.07, 6.45) is 2.41. The topological polar surface area (TPSA) is 32.3 Å². The van der Waals surface area contributed by atoms with Crippen molar-refractivity contribution in [3.05, 3.63) is 0 Å². The molecule has 0 spiro atoms. The van der Waals surface area contributed by atoms with E-state index in [2.05, 4.69) is 12.2 Å². The van der Waals surface area contributed by atoms with Gasteiger partial charge in [-0.05, 0) is 19.9 Å². The highest BCUT2D eigenvalue weighted by molar-refractivity contribution is 4.56. The second-order valence-electron chi connectivity index (χ2n) is 2.39. The number of unbranched alkanes of at least 4 members (excludes halogenated alkanes) is 1. The highest BCUT2D eigenvalue weighted by Gasteiger charge is 1.94. The molecule has 0 rings (SSSR count). The molecule has 0 bridgehead atoms. The van der Waals surface area contributed by atoms with Crippen LogP contribution in [-0.2, 0) is 0 Å². The van der Waals surface area contributed by atoms with Crippen molar-refractivity contribution in [1.82, 2.24) is 5.32 Å². The van der Waals surface area contributed by atoms with Crippen molar-refractivity contribution in [2.75, 3.05) is 13.2 Å². The van der Waals surface area contributed by atoms with Crippen LogP contribution >= 0.6 is 0 Å². The van der Waals surface area contributed by atoms with E-state index in [0.717, 1.165) is 6.54 Å². The van der Waals surface area contributed by atoms with Gasteiger partial charge in [0.2, 0.25) is 0 Å². The van der Waals surface area contributed by atoms with Crippen molar-refractivity contribution >= 4 is 0 Å². The van der Waals surface area contributed by atoms with Gasteiger partial charge in [0.1, 0.15) is 0 Å². The summed E-state index contributed by atoms with van der Waals surface area (Å²) in [4.78, 5) is 0. The molecule has 2 nitrogen and oxygen atoms in total. The summed E-state index contributed by atoms with van der Waals surface area (Å²) in [5.41, 5.74) is 0. The van der Waals surface area contributed by atoms with Crippen LogP contribution in [0.4, 0.5) is 0 Å². The molecule has 0 unspecified atom stereocenters. The highest BCUT2D eigenvalue weighted by atomic mass is 16.3. The quantitative estimate of drug-likeness (QED) is 0.540. The minimum Gasteiger partial charge on any atom is -0.395 e. The Kier molecular flexibility index (Phi) is 5.99. The van der Waals surface area contributed by atoms with Crippen LogP contribution in [0.25, 0.3) is 0 Å². The second kappa shape index (κ2) is 6.05. The summed E-state index contributed by atoms with van der Waals surface area (Å²) < 4.78 is 0. The summed E-state index contributed by atoms with van der Waals surface area (Å²) in [6, 6.07) is 0.261. The first-order chi connectivity index (χ1) is 4.31. The fourth-order valence-electron chi connectivity index (χ4n) is 0.590. The smallest absolute Gasteiger partial charge is 0.0581 e. The Morgan fingerprint density at radius 3 is 2.67 bits per heavy atom. The van der Waals surface area contributed by atoms with E-state index in [0.29, 0.717) is 0 Å². The number of hydrogen-bond donors (Lipinski definition) is 2. The average molecular weight is 131 g/mol. The molecule has 9 heavy (non-hydrogen) atoms. The van der Waals surface area contributed by atoms with Crippen molar-refractivity contribution in [1.29, 1.82) is 0 Å². The largest absolute Gasteiger partial charge is 0.395 e. The van der Waals surface area contributed by atoms with Crippen molar-refractivity contribution in [2.24, 2.45) is 0 Å². The molecule has 56 valence electrons. The van der Waals surface area contributed by atoms with Gasteiger partial charge in [-0.25, -0.2) is 0 Å². The third-order valence-electron chi connectivity index (χ3n) is 1.30. The average Bonchev–Trinajstić information content (AvgIpc) is 1.89. The molecular formula is C7H17NO.